The predicted octanol–water partition coefficient (Wildman–Crippen LogP) is 3.02. The Morgan fingerprint density at radius 3 is 2.45 bits per heavy atom. The highest BCUT2D eigenvalue weighted by Crippen LogP contribution is 2.18. The molecule has 152 valence electrons. The summed E-state index contributed by atoms with van der Waals surface area (Å²) in [4.78, 5) is 14.4. The van der Waals surface area contributed by atoms with Crippen molar-refractivity contribution in [2.24, 2.45) is 0 Å². The number of carbonyl (C=O) groups excluding carboxylic acids is 1. The van der Waals surface area contributed by atoms with Crippen molar-refractivity contribution >= 4 is 17.7 Å². The van der Waals surface area contributed by atoms with E-state index in [0.717, 1.165) is 16.9 Å². The monoisotopic (exact) mass is 411 g/mol. The Kier molecular flexibility index (Phi) is 7.13. The molecule has 0 spiro atoms. The molecule has 0 aliphatic rings. The van der Waals surface area contributed by atoms with Crippen LogP contribution in [0.5, 0.6) is 5.75 Å². The Bertz CT molecular complexity index is 928. The summed E-state index contributed by atoms with van der Waals surface area (Å²) in [5.74, 6) is 7.54. The molecule has 0 fully saturated rings. The highest BCUT2D eigenvalue weighted by Gasteiger charge is 2.15. The number of amides is 1. The van der Waals surface area contributed by atoms with Gasteiger partial charge in [-0.2, -0.15) is 0 Å². The quantitative estimate of drug-likeness (QED) is 0.430. The van der Waals surface area contributed by atoms with Crippen LogP contribution in [0.3, 0.4) is 0 Å². The molecule has 0 bridgehead atoms. The number of nitrogens with zero attached hydrogens (tertiary/aromatic N) is 4. The summed E-state index contributed by atoms with van der Waals surface area (Å²) in [6.45, 7) is 5.44. The van der Waals surface area contributed by atoms with Crippen molar-refractivity contribution in [3.8, 4) is 5.75 Å². The number of nitrogens with two attached hydrogens (primary N) is 1. The molecule has 0 saturated heterocycles. The average Bonchev–Trinajstić information content (AvgIpc) is 3.08. The van der Waals surface area contributed by atoms with Gasteiger partial charge in [-0.05, 0) is 37.1 Å². The van der Waals surface area contributed by atoms with Gasteiger partial charge in [-0.25, -0.2) is 4.68 Å². The molecule has 1 heterocycles. The molecule has 0 aliphatic carbocycles. The largest absolute Gasteiger partial charge is 0.489 e. The second-order valence-corrected chi connectivity index (χ2v) is 7.46. The third-order valence-electron chi connectivity index (χ3n) is 4.44. The van der Waals surface area contributed by atoms with E-state index in [9.17, 15) is 4.79 Å². The molecule has 1 aromatic heterocycles. The van der Waals surface area contributed by atoms with Crippen LogP contribution in [0, 0.1) is 6.92 Å². The highest BCUT2D eigenvalue weighted by molar-refractivity contribution is 7.99. The zero-order valence-corrected chi connectivity index (χ0v) is 17.4. The Morgan fingerprint density at radius 2 is 1.83 bits per heavy atom. The smallest absolute Gasteiger partial charge is 0.233 e. The van der Waals surface area contributed by atoms with Crippen molar-refractivity contribution in [1.29, 1.82) is 0 Å². The van der Waals surface area contributed by atoms with E-state index in [1.165, 1.54) is 16.4 Å². The van der Waals surface area contributed by atoms with Crippen molar-refractivity contribution in [1.82, 2.24) is 19.8 Å². The van der Waals surface area contributed by atoms with Crippen molar-refractivity contribution in [3.05, 3.63) is 71.5 Å². The first-order chi connectivity index (χ1) is 14.1. The standard InChI is InChI=1S/C21H25N5O2S/c1-3-25(20(27)15-29-21-24-23-16(2)26(21)22)13-17-9-11-19(12-10-17)28-14-18-7-5-4-6-8-18/h4-12H,3,13-15,22H2,1-2H3. The van der Waals surface area contributed by atoms with Crippen LogP contribution in [0.2, 0.25) is 0 Å². The van der Waals surface area contributed by atoms with Crippen molar-refractivity contribution in [2.45, 2.75) is 32.2 Å². The zero-order valence-electron chi connectivity index (χ0n) is 16.6. The summed E-state index contributed by atoms with van der Waals surface area (Å²) in [7, 11) is 0. The van der Waals surface area contributed by atoms with Gasteiger partial charge >= 0.3 is 0 Å². The lowest BCUT2D eigenvalue weighted by atomic mass is 10.2. The second-order valence-electron chi connectivity index (χ2n) is 6.51. The van der Waals surface area contributed by atoms with Gasteiger partial charge in [0.2, 0.25) is 11.1 Å². The molecule has 0 unspecified atom stereocenters. The normalized spacial score (nSPS) is 10.7. The molecule has 2 aromatic carbocycles. The van der Waals surface area contributed by atoms with Gasteiger partial charge < -0.3 is 15.5 Å². The van der Waals surface area contributed by atoms with E-state index >= 15 is 0 Å². The van der Waals surface area contributed by atoms with E-state index in [4.69, 9.17) is 10.6 Å². The molecule has 7 nitrogen and oxygen atoms in total. The summed E-state index contributed by atoms with van der Waals surface area (Å²) in [6.07, 6.45) is 0. The first-order valence-corrected chi connectivity index (χ1v) is 10.4. The summed E-state index contributed by atoms with van der Waals surface area (Å²) in [5.41, 5.74) is 2.18. The maximum Gasteiger partial charge on any atom is 0.233 e. The topological polar surface area (TPSA) is 86.3 Å². The molecule has 8 heteroatoms. The van der Waals surface area contributed by atoms with Crippen LogP contribution in [-0.2, 0) is 17.9 Å². The Labute approximate surface area is 174 Å². The van der Waals surface area contributed by atoms with Crippen LogP contribution in [-0.4, -0.2) is 38.0 Å². The minimum Gasteiger partial charge on any atom is -0.489 e. The molecule has 0 aliphatic heterocycles. The van der Waals surface area contributed by atoms with Crippen molar-refractivity contribution in [2.75, 3.05) is 18.1 Å². The van der Waals surface area contributed by atoms with Crippen LogP contribution in [0.4, 0.5) is 0 Å². The van der Waals surface area contributed by atoms with Gasteiger partial charge in [0.15, 0.2) is 0 Å². The minimum atomic E-state index is 0.0301. The molecule has 0 radical (unpaired) electrons. The molecule has 3 rings (SSSR count). The van der Waals surface area contributed by atoms with Gasteiger partial charge in [0.1, 0.15) is 18.2 Å². The number of hydrogen-bond donors (Lipinski definition) is 1. The van der Waals surface area contributed by atoms with Crippen LogP contribution >= 0.6 is 11.8 Å². The molecule has 2 N–H and O–H groups in total. The van der Waals surface area contributed by atoms with E-state index in [1.807, 2.05) is 61.5 Å². The van der Waals surface area contributed by atoms with Gasteiger partial charge in [-0.3, -0.25) is 4.79 Å². The fraction of sp³-hybridized carbons (Fsp3) is 0.286. The average molecular weight is 412 g/mol. The van der Waals surface area contributed by atoms with Gasteiger partial charge in [0.05, 0.1) is 5.75 Å². The predicted molar refractivity (Wildman–Crippen MR) is 114 cm³/mol. The van der Waals surface area contributed by atoms with Gasteiger partial charge in [-0.1, -0.05) is 54.2 Å². The van der Waals surface area contributed by atoms with E-state index in [2.05, 4.69) is 10.2 Å². The van der Waals surface area contributed by atoms with Gasteiger partial charge in [0.25, 0.3) is 0 Å². The molecular weight excluding hydrogens is 386 g/mol. The minimum absolute atomic E-state index is 0.0301. The summed E-state index contributed by atoms with van der Waals surface area (Å²) in [5, 5.41) is 8.41. The lowest BCUT2D eigenvalue weighted by Gasteiger charge is -2.21. The summed E-state index contributed by atoms with van der Waals surface area (Å²) < 4.78 is 7.21. The van der Waals surface area contributed by atoms with Gasteiger partial charge in [-0.15, -0.1) is 10.2 Å². The Hall–Kier alpha value is -3.00. The van der Waals surface area contributed by atoms with E-state index < -0.39 is 0 Å². The summed E-state index contributed by atoms with van der Waals surface area (Å²) >= 11 is 1.29. The lowest BCUT2D eigenvalue weighted by Crippen LogP contribution is -2.31. The number of aromatic nitrogens is 3. The van der Waals surface area contributed by atoms with Crippen LogP contribution in [0.15, 0.2) is 59.8 Å². The number of nitrogen functional groups attached to an aromatic ring is 1. The fourth-order valence-corrected chi connectivity index (χ4v) is 3.50. The highest BCUT2D eigenvalue weighted by atomic mass is 32.2. The third kappa shape index (κ3) is 5.74. The number of hydrogen-bond acceptors (Lipinski definition) is 6. The molecule has 3 aromatic rings. The Balaban J connectivity index is 1.51. The van der Waals surface area contributed by atoms with Crippen molar-refractivity contribution in [3.63, 3.8) is 0 Å². The molecular formula is C21H25N5O2S. The Morgan fingerprint density at radius 1 is 1.10 bits per heavy atom. The second kappa shape index (κ2) is 9.97. The number of rotatable bonds is 9. The molecule has 29 heavy (non-hydrogen) atoms. The molecule has 1 amide bonds. The number of thioether (sulfide) groups is 1. The fourth-order valence-electron chi connectivity index (χ4n) is 2.69. The maximum atomic E-state index is 12.6. The number of carbonyl (C=O) groups is 1. The van der Waals surface area contributed by atoms with E-state index in [0.29, 0.717) is 30.7 Å². The first kappa shape index (κ1) is 20.7. The number of aryl methyl sites for hydroxylation is 1. The van der Waals surface area contributed by atoms with E-state index in [-0.39, 0.29) is 11.7 Å². The summed E-state index contributed by atoms with van der Waals surface area (Å²) in [6, 6.07) is 17.9. The van der Waals surface area contributed by atoms with Gasteiger partial charge in [0, 0.05) is 13.1 Å². The third-order valence-corrected chi connectivity index (χ3v) is 5.37. The molecule has 0 saturated carbocycles. The SMILES string of the molecule is CCN(Cc1ccc(OCc2ccccc2)cc1)C(=O)CSc1nnc(C)n1N. The van der Waals surface area contributed by atoms with Crippen molar-refractivity contribution < 1.29 is 9.53 Å². The zero-order chi connectivity index (χ0) is 20.6. The first-order valence-electron chi connectivity index (χ1n) is 9.40. The maximum absolute atomic E-state index is 12.6. The number of benzene rings is 2. The number of ether oxygens (including phenoxy) is 1. The van der Waals surface area contributed by atoms with E-state index in [1.54, 1.807) is 11.8 Å². The van der Waals surface area contributed by atoms with Crippen LogP contribution in [0.25, 0.3) is 0 Å². The molecule has 0 atom stereocenters. The van der Waals surface area contributed by atoms with Crippen LogP contribution in [0.1, 0.15) is 23.9 Å². The lowest BCUT2D eigenvalue weighted by molar-refractivity contribution is -0.128. The van der Waals surface area contributed by atoms with Crippen LogP contribution < -0.4 is 10.6 Å².